The fourth-order valence-corrected chi connectivity index (χ4v) is 2.45. The van der Waals surface area contributed by atoms with Crippen LogP contribution in [0.15, 0.2) is 12.1 Å². The standard InChI is InChI=1S/C14H19F2N3OS/c1-2-19-5-6-20-9(8-19)7-18-11-4-3-10(14(17)21)12(15)13(11)16/h3-4,9,18H,2,5-8H2,1H3,(H2,17,21). The van der Waals surface area contributed by atoms with E-state index < -0.39 is 11.6 Å². The first-order chi connectivity index (χ1) is 10.0. The molecule has 0 bridgehead atoms. The Labute approximate surface area is 128 Å². The molecule has 1 atom stereocenters. The molecule has 0 aliphatic carbocycles. The lowest BCUT2D eigenvalue weighted by Crippen LogP contribution is -2.45. The summed E-state index contributed by atoms with van der Waals surface area (Å²) >= 11 is 4.67. The van der Waals surface area contributed by atoms with Crippen LogP contribution in [-0.4, -0.2) is 48.8 Å². The maximum absolute atomic E-state index is 13.9. The van der Waals surface area contributed by atoms with E-state index in [9.17, 15) is 8.78 Å². The molecule has 4 nitrogen and oxygen atoms in total. The zero-order valence-electron chi connectivity index (χ0n) is 11.9. The molecule has 0 aromatic heterocycles. The largest absolute Gasteiger partial charge is 0.389 e. The smallest absolute Gasteiger partial charge is 0.182 e. The summed E-state index contributed by atoms with van der Waals surface area (Å²) < 4.78 is 33.3. The molecule has 3 N–H and O–H groups in total. The maximum atomic E-state index is 13.9. The van der Waals surface area contributed by atoms with Crippen LogP contribution >= 0.6 is 12.2 Å². The lowest BCUT2D eigenvalue weighted by molar-refractivity contribution is -0.0192. The van der Waals surface area contributed by atoms with Gasteiger partial charge in [0, 0.05) is 25.2 Å². The third-order valence-corrected chi connectivity index (χ3v) is 3.76. The maximum Gasteiger partial charge on any atom is 0.182 e. The van der Waals surface area contributed by atoms with Gasteiger partial charge in [0.2, 0.25) is 0 Å². The first kappa shape index (κ1) is 16.1. The summed E-state index contributed by atoms with van der Waals surface area (Å²) in [5, 5.41) is 2.88. The van der Waals surface area contributed by atoms with Crippen LogP contribution in [0.3, 0.4) is 0 Å². The number of rotatable bonds is 5. The van der Waals surface area contributed by atoms with Gasteiger partial charge in [0.1, 0.15) is 4.99 Å². The molecule has 7 heteroatoms. The third kappa shape index (κ3) is 3.87. The van der Waals surface area contributed by atoms with Gasteiger partial charge >= 0.3 is 0 Å². The number of benzene rings is 1. The molecule has 0 radical (unpaired) electrons. The van der Waals surface area contributed by atoms with Gasteiger partial charge in [0.05, 0.1) is 18.4 Å². The van der Waals surface area contributed by atoms with Crippen molar-refractivity contribution in [1.29, 1.82) is 0 Å². The molecule has 1 fully saturated rings. The highest BCUT2D eigenvalue weighted by Crippen LogP contribution is 2.21. The Morgan fingerprint density at radius 1 is 1.48 bits per heavy atom. The minimum absolute atomic E-state index is 0.0450. The van der Waals surface area contributed by atoms with Gasteiger partial charge in [-0.05, 0) is 18.7 Å². The van der Waals surface area contributed by atoms with Crippen LogP contribution in [0.5, 0.6) is 0 Å². The Bertz CT molecular complexity index is 527. The van der Waals surface area contributed by atoms with E-state index in [0.29, 0.717) is 13.2 Å². The Morgan fingerprint density at radius 2 is 2.24 bits per heavy atom. The summed E-state index contributed by atoms with van der Waals surface area (Å²) in [6, 6.07) is 2.82. The Morgan fingerprint density at radius 3 is 2.90 bits per heavy atom. The number of nitrogens with one attached hydrogen (secondary N) is 1. The molecule has 116 valence electrons. The highest BCUT2D eigenvalue weighted by atomic mass is 32.1. The van der Waals surface area contributed by atoms with Crippen LogP contribution < -0.4 is 11.1 Å². The van der Waals surface area contributed by atoms with Crippen molar-refractivity contribution in [2.24, 2.45) is 5.73 Å². The van der Waals surface area contributed by atoms with Gasteiger partial charge in [-0.25, -0.2) is 8.78 Å². The summed E-state index contributed by atoms with van der Waals surface area (Å²) in [5.74, 6) is -1.99. The number of ether oxygens (including phenoxy) is 1. The Hall–Kier alpha value is -1.31. The van der Waals surface area contributed by atoms with Crippen molar-refractivity contribution in [3.63, 3.8) is 0 Å². The van der Waals surface area contributed by atoms with E-state index in [1.54, 1.807) is 0 Å². The average Bonchev–Trinajstić information content (AvgIpc) is 2.48. The molecule has 1 aliphatic rings. The van der Waals surface area contributed by atoms with Crippen LogP contribution in [0.1, 0.15) is 12.5 Å². The topological polar surface area (TPSA) is 50.5 Å². The number of anilines is 1. The second-order valence-electron chi connectivity index (χ2n) is 4.92. The first-order valence-corrected chi connectivity index (χ1v) is 7.29. The molecular formula is C14H19F2N3OS. The molecule has 1 aromatic carbocycles. The summed E-state index contributed by atoms with van der Waals surface area (Å²) in [6.45, 7) is 5.78. The van der Waals surface area contributed by atoms with Gasteiger partial charge in [0.15, 0.2) is 11.6 Å². The van der Waals surface area contributed by atoms with E-state index >= 15 is 0 Å². The van der Waals surface area contributed by atoms with Gasteiger partial charge in [-0.2, -0.15) is 0 Å². The van der Waals surface area contributed by atoms with E-state index in [1.165, 1.54) is 12.1 Å². The molecule has 1 aliphatic heterocycles. The normalized spacial score (nSPS) is 19.5. The third-order valence-electron chi connectivity index (χ3n) is 3.54. The number of hydrogen-bond donors (Lipinski definition) is 2. The number of nitrogens with two attached hydrogens (primary N) is 1. The van der Waals surface area contributed by atoms with Gasteiger partial charge in [-0.1, -0.05) is 19.1 Å². The quantitative estimate of drug-likeness (QED) is 0.811. The monoisotopic (exact) mass is 315 g/mol. The second kappa shape index (κ2) is 7.11. The van der Waals surface area contributed by atoms with Gasteiger partial charge in [-0.15, -0.1) is 0 Å². The van der Waals surface area contributed by atoms with Crippen molar-refractivity contribution in [3.8, 4) is 0 Å². The highest BCUT2D eigenvalue weighted by molar-refractivity contribution is 7.80. The predicted molar refractivity (Wildman–Crippen MR) is 82.6 cm³/mol. The highest BCUT2D eigenvalue weighted by Gasteiger charge is 2.20. The van der Waals surface area contributed by atoms with Crippen molar-refractivity contribution in [1.82, 2.24) is 4.90 Å². The number of nitrogens with zero attached hydrogens (tertiary/aromatic N) is 1. The SMILES string of the molecule is CCN1CCOC(CNc2ccc(C(N)=S)c(F)c2F)C1. The lowest BCUT2D eigenvalue weighted by atomic mass is 10.1. The molecule has 1 heterocycles. The first-order valence-electron chi connectivity index (χ1n) is 6.88. The lowest BCUT2D eigenvalue weighted by Gasteiger charge is -2.32. The number of likely N-dealkylation sites (N-methyl/N-ethyl adjacent to an activating group) is 1. The summed E-state index contributed by atoms with van der Waals surface area (Å²) in [6.07, 6.45) is -0.0450. The molecule has 1 unspecified atom stereocenters. The van der Waals surface area contributed by atoms with Gasteiger partial charge < -0.3 is 15.8 Å². The van der Waals surface area contributed by atoms with E-state index in [2.05, 4.69) is 29.4 Å². The number of morpholine rings is 1. The number of thiocarbonyl (C=S) groups is 1. The van der Waals surface area contributed by atoms with Crippen LogP contribution in [0.4, 0.5) is 14.5 Å². The van der Waals surface area contributed by atoms with Crippen LogP contribution in [-0.2, 0) is 4.74 Å². The van der Waals surface area contributed by atoms with Crippen LogP contribution in [0.2, 0.25) is 0 Å². The zero-order valence-corrected chi connectivity index (χ0v) is 12.7. The molecule has 0 saturated carbocycles. The van der Waals surface area contributed by atoms with Crippen molar-refractivity contribution in [2.75, 3.05) is 38.1 Å². The van der Waals surface area contributed by atoms with E-state index in [4.69, 9.17) is 10.5 Å². The van der Waals surface area contributed by atoms with E-state index in [1.807, 2.05) is 0 Å². The van der Waals surface area contributed by atoms with Crippen LogP contribution in [0.25, 0.3) is 0 Å². The predicted octanol–water partition coefficient (Wildman–Crippen LogP) is 1.73. The minimum Gasteiger partial charge on any atom is -0.389 e. The zero-order chi connectivity index (χ0) is 15.4. The summed E-state index contributed by atoms with van der Waals surface area (Å²) in [4.78, 5) is 2.09. The van der Waals surface area contributed by atoms with Crippen molar-refractivity contribution < 1.29 is 13.5 Å². The molecule has 21 heavy (non-hydrogen) atoms. The van der Waals surface area contributed by atoms with Crippen molar-refractivity contribution >= 4 is 22.9 Å². The molecule has 0 spiro atoms. The number of halogens is 2. The minimum atomic E-state index is -1.02. The van der Waals surface area contributed by atoms with Crippen LogP contribution in [0, 0.1) is 11.6 Å². The van der Waals surface area contributed by atoms with Gasteiger partial charge in [0.25, 0.3) is 0 Å². The molecule has 1 aromatic rings. The molecular weight excluding hydrogens is 296 g/mol. The molecule has 1 saturated heterocycles. The number of hydrogen-bond acceptors (Lipinski definition) is 4. The van der Waals surface area contributed by atoms with Crippen molar-refractivity contribution in [3.05, 3.63) is 29.3 Å². The fourth-order valence-electron chi connectivity index (χ4n) is 2.29. The fraction of sp³-hybridized carbons (Fsp3) is 0.500. The molecule has 0 amide bonds. The summed E-state index contributed by atoms with van der Waals surface area (Å²) in [5.41, 5.74) is 5.34. The van der Waals surface area contributed by atoms with E-state index in [-0.39, 0.29) is 22.3 Å². The second-order valence-corrected chi connectivity index (χ2v) is 5.36. The van der Waals surface area contributed by atoms with Crippen molar-refractivity contribution in [2.45, 2.75) is 13.0 Å². The summed E-state index contributed by atoms with van der Waals surface area (Å²) in [7, 11) is 0. The molecule has 2 rings (SSSR count). The van der Waals surface area contributed by atoms with E-state index in [0.717, 1.165) is 19.6 Å². The Kier molecular flexibility index (Phi) is 5.44. The average molecular weight is 315 g/mol. The Balaban J connectivity index is 2.00. The van der Waals surface area contributed by atoms with Gasteiger partial charge in [-0.3, -0.25) is 4.90 Å².